The highest BCUT2D eigenvalue weighted by molar-refractivity contribution is 7.89. The van der Waals surface area contributed by atoms with Gasteiger partial charge in [-0.05, 0) is 32.4 Å². The van der Waals surface area contributed by atoms with Crippen molar-refractivity contribution in [3.05, 3.63) is 21.9 Å². The van der Waals surface area contributed by atoms with Crippen LogP contribution in [0.15, 0.2) is 12.1 Å². The second kappa shape index (κ2) is 6.31. The molecule has 0 fully saturated rings. The Balaban J connectivity index is 2.48. The molecule has 7 heteroatoms. The van der Waals surface area contributed by atoms with E-state index in [2.05, 4.69) is 4.72 Å². The minimum Gasteiger partial charge on any atom is -0.481 e. The monoisotopic (exact) mass is 291 g/mol. The highest BCUT2D eigenvalue weighted by Crippen LogP contribution is 2.16. The van der Waals surface area contributed by atoms with Crippen molar-refractivity contribution in [3.63, 3.8) is 0 Å². The number of aliphatic carboxylic acids is 1. The molecule has 0 saturated carbocycles. The van der Waals surface area contributed by atoms with Crippen molar-refractivity contribution in [1.29, 1.82) is 0 Å². The molecule has 5 nitrogen and oxygen atoms in total. The summed E-state index contributed by atoms with van der Waals surface area (Å²) in [6.45, 7) is 3.77. The molecule has 1 atom stereocenters. The smallest absolute Gasteiger partial charge is 0.304 e. The molecule has 0 aliphatic rings. The Morgan fingerprint density at radius 3 is 2.67 bits per heavy atom. The number of carboxylic acid groups (broad SMARTS) is 1. The van der Waals surface area contributed by atoms with Gasteiger partial charge in [0.15, 0.2) is 0 Å². The molecule has 1 rings (SSSR count). The van der Waals surface area contributed by atoms with Crippen LogP contribution in [0.5, 0.6) is 0 Å². The van der Waals surface area contributed by atoms with Gasteiger partial charge < -0.3 is 5.11 Å². The average molecular weight is 291 g/mol. The van der Waals surface area contributed by atoms with Gasteiger partial charge in [-0.15, -0.1) is 11.3 Å². The van der Waals surface area contributed by atoms with E-state index < -0.39 is 16.0 Å². The zero-order valence-corrected chi connectivity index (χ0v) is 12.0. The largest absolute Gasteiger partial charge is 0.481 e. The number of aryl methyl sites for hydroxylation is 1. The molecule has 0 aromatic carbocycles. The molecule has 1 heterocycles. The average Bonchev–Trinajstić information content (AvgIpc) is 2.60. The summed E-state index contributed by atoms with van der Waals surface area (Å²) in [5.41, 5.74) is 0. The predicted octanol–water partition coefficient (Wildman–Crippen LogP) is 1.38. The van der Waals surface area contributed by atoms with Gasteiger partial charge >= 0.3 is 5.97 Å². The molecule has 1 aromatic heterocycles. The van der Waals surface area contributed by atoms with Gasteiger partial charge in [0.05, 0.1) is 12.2 Å². The maximum Gasteiger partial charge on any atom is 0.304 e. The zero-order valence-electron chi connectivity index (χ0n) is 10.3. The van der Waals surface area contributed by atoms with Crippen LogP contribution in [-0.4, -0.2) is 31.3 Å². The first kappa shape index (κ1) is 15.1. The number of rotatable bonds is 7. The van der Waals surface area contributed by atoms with Crippen LogP contribution in [0.3, 0.4) is 0 Å². The van der Waals surface area contributed by atoms with E-state index in [1.165, 1.54) is 4.88 Å². The summed E-state index contributed by atoms with van der Waals surface area (Å²) in [5.74, 6) is -1.49. The van der Waals surface area contributed by atoms with Gasteiger partial charge in [0.1, 0.15) is 0 Å². The molecule has 2 N–H and O–H groups in total. The Labute approximate surface area is 111 Å². The Hall–Kier alpha value is -0.920. The van der Waals surface area contributed by atoms with Gasteiger partial charge in [-0.1, -0.05) is 0 Å². The lowest BCUT2D eigenvalue weighted by molar-refractivity contribution is -0.136. The lowest BCUT2D eigenvalue weighted by Crippen LogP contribution is -2.36. The fourth-order valence-corrected chi connectivity index (χ4v) is 3.80. The summed E-state index contributed by atoms with van der Waals surface area (Å²) in [4.78, 5) is 12.6. The number of nitrogens with one attached hydrogen (secondary N) is 1. The molecular formula is C11H17NO4S2. The minimum absolute atomic E-state index is 0.234. The predicted molar refractivity (Wildman–Crippen MR) is 71.4 cm³/mol. The van der Waals surface area contributed by atoms with E-state index in [4.69, 9.17) is 5.11 Å². The minimum atomic E-state index is -3.52. The van der Waals surface area contributed by atoms with Crippen molar-refractivity contribution in [2.75, 3.05) is 5.75 Å². The summed E-state index contributed by atoms with van der Waals surface area (Å²) >= 11 is 1.63. The zero-order chi connectivity index (χ0) is 13.8. The molecule has 0 aliphatic carbocycles. The van der Waals surface area contributed by atoms with Crippen molar-refractivity contribution < 1.29 is 18.3 Å². The first-order chi connectivity index (χ1) is 8.28. The lowest BCUT2D eigenvalue weighted by atomic mass is 10.2. The fourth-order valence-electron chi connectivity index (χ4n) is 1.53. The maximum atomic E-state index is 11.6. The molecule has 0 bridgehead atoms. The SMILES string of the molecule is Cc1ccc(CC(C)NS(=O)(=O)CCC(=O)O)s1. The first-order valence-corrected chi connectivity index (χ1v) is 8.02. The molecule has 1 aromatic rings. The highest BCUT2D eigenvalue weighted by atomic mass is 32.2. The van der Waals surface area contributed by atoms with E-state index in [0.29, 0.717) is 6.42 Å². The summed E-state index contributed by atoms with van der Waals surface area (Å²) in [6.07, 6.45) is 0.241. The third-order valence-electron chi connectivity index (χ3n) is 2.27. The normalized spacial score (nSPS) is 13.4. The topological polar surface area (TPSA) is 83.5 Å². The lowest BCUT2D eigenvalue weighted by Gasteiger charge is -2.12. The molecule has 18 heavy (non-hydrogen) atoms. The maximum absolute atomic E-state index is 11.6. The van der Waals surface area contributed by atoms with Crippen LogP contribution in [0, 0.1) is 6.92 Å². The van der Waals surface area contributed by atoms with E-state index in [0.717, 1.165) is 4.88 Å². The molecule has 1 unspecified atom stereocenters. The number of thiophene rings is 1. The van der Waals surface area contributed by atoms with Gasteiger partial charge in [-0.2, -0.15) is 0 Å². The van der Waals surface area contributed by atoms with E-state index in [9.17, 15) is 13.2 Å². The second-order valence-corrected chi connectivity index (χ2v) is 7.44. The molecule has 0 radical (unpaired) electrons. The van der Waals surface area contributed by atoms with Crippen molar-refractivity contribution in [1.82, 2.24) is 4.72 Å². The third-order valence-corrected chi connectivity index (χ3v) is 4.79. The van der Waals surface area contributed by atoms with Crippen molar-refractivity contribution in [2.45, 2.75) is 32.7 Å². The quantitative estimate of drug-likeness (QED) is 0.795. The van der Waals surface area contributed by atoms with Gasteiger partial charge in [0.25, 0.3) is 0 Å². The van der Waals surface area contributed by atoms with Crippen LogP contribution in [0.25, 0.3) is 0 Å². The van der Waals surface area contributed by atoms with Crippen LogP contribution in [0.4, 0.5) is 0 Å². The number of hydrogen-bond acceptors (Lipinski definition) is 4. The number of carbonyl (C=O) groups is 1. The van der Waals surface area contributed by atoms with Gasteiger partial charge in [0, 0.05) is 15.8 Å². The summed E-state index contributed by atoms with van der Waals surface area (Å²) in [6, 6.07) is 3.73. The number of sulfonamides is 1. The molecule has 0 saturated heterocycles. The number of hydrogen-bond donors (Lipinski definition) is 2. The molecule has 102 valence electrons. The first-order valence-electron chi connectivity index (χ1n) is 5.55. The van der Waals surface area contributed by atoms with Crippen LogP contribution in [-0.2, 0) is 21.2 Å². The standard InChI is InChI=1S/C11H17NO4S2/c1-8(7-10-4-3-9(2)17-10)12-18(15,16)6-5-11(13)14/h3-4,8,12H,5-7H2,1-2H3,(H,13,14). The highest BCUT2D eigenvalue weighted by Gasteiger charge is 2.16. The van der Waals surface area contributed by atoms with Crippen LogP contribution < -0.4 is 4.72 Å². The van der Waals surface area contributed by atoms with E-state index in [1.54, 1.807) is 18.3 Å². The van der Waals surface area contributed by atoms with Crippen LogP contribution in [0.2, 0.25) is 0 Å². The van der Waals surface area contributed by atoms with E-state index in [1.807, 2.05) is 19.1 Å². The van der Waals surface area contributed by atoms with Crippen molar-refractivity contribution >= 4 is 27.3 Å². The van der Waals surface area contributed by atoms with Gasteiger partial charge in [0.2, 0.25) is 10.0 Å². The van der Waals surface area contributed by atoms with Crippen molar-refractivity contribution in [2.24, 2.45) is 0 Å². The molecular weight excluding hydrogens is 274 g/mol. The van der Waals surface area contributed by atoms with Crippen LogP contribution in [0.1, 0.15) is 23.1 Å². The van der Waals surface area contributed by atoms with Gasteiger partial charge in [-0.3, -0.25) is 4.79 Å². The number of carboxylic acids is 1. The second-order valence-electron chi connectivity index (χ2n) is 4.20. The Morgan fingerprint density at radius 2 is 2.17 bits per heavy atom. The Morgan fingerprint density at radius 1 is 1.50 bits per heavy atom. The Bertz CT molecular complexity index is 507. The fraction of sp³-hybridized carbons (Fsp3) is 0.545. The molecule has 0 aliphatic heterocycles. The summed E-state index contributed by atoms with van der Waals surface area (Å²) < 4.78 is 25.6. The molecule has 0 spiro atoms. The van der Waals surface area contributed by atoms with E-state index in [-0.39, 0.29) is 18.2 Å². The third kappa shape index (κ3) is 5.61. The van der Waals surface area contributed by atoms with E-state index >= 15 is 0 Å². The summed E-state index contributed by atoms with van der Waals surface area (Å²) in [5, 5.41) is 8.46. The summed E-state index contributed by atoms with van der Waals surface area (Å²) in [7, 11) is -3.52. The Kier molecular flexibility index (Phi) is 5.30. The van der Waals surface area contributed by atoms with Gasteiger partial charge in [-0.25, -0.2) is 13.1 Å². The van der Waals surface area contributed by atoms with Crippen LogP contribution >= 0.6 is 11.3 Å². The molecule has 0 amide bonds. The van der Waals surface area contributed by atoms with Crippen molar-refractivity contribution in [3.8, 4) is 0 Å².